The molecule has 0 aliphatic heterocycles. The van der Waals surface area contributed by atoms with Crippen LogP contribution in [0, 0.1) is 12.7 Å². The lowest BCUT2D eigenvalue weighted by atomic mass is 9.95. The summed E-state index contributed by atoms with van der Waals surface area (Å²) in [5, 5.41) is 27.0. The number of aromatic nitrogens is 1. The number of nitrogens with zero attached hydrogens (tertiary/aromatic N) is 1. The third kappa shape index (κ3) is 6.25. The van der Waals surface area contributed by atoms with Gasteiger partial charge in [-0.05, 0) is 66.1 Å². The quantitative estimate of drug-likeness (QED) is 0.258. The highest BCUT2D eigenvalue weighted by Gasteiger charge is 2.33. The van der Waals surface area contributed by atoms with Gasteiger partial charge in [-0.3, -0.25) is 0 Å². The standard InChI is InChI=1S/C15H11FO4.C12H8F3NO2/c1-8-12(14(17)18)6-10(7-13(8)15(19)20)9-2-4-11(16)5-3-9;13-12(14,15)9-3-1-2-4-10(9)16-6-5-8(7-16)11(17)18/h2-7H,1H3,(H,17,18)(H,19,20);1-7H,(H,17,18). The number of carboxylic acids is 3. The second kappa shape index (κ2) is 11.0. The third-order valence-electron chi connectivity index (χ3n) is 5.47. The third-order valence-corrected chi connectivity index (χ3v) is 5.47. The van der Waals surface area contributed by atoms with Gasteiger partial charge in [0.1, 0.15) is 5.82 Å². The monoisotopic (exact) mass is 529 g/mol. The molecule has 0 spiro atoms. The summed E-state index contributed by atoms with van der Waals surface area (Å²) in [4.78, 5) is 33.1. The van der Waals surface area contributed by atoms with Crippen molar-refractivity contribution in [3.8, 4) is 16.8 Å². The number of aromatic carboxylic acids is 3. The summed E-state index contributed by atoms with van der Waals surface area (Å²) >= 11 is 0. The molecule has 3 aromatic carbocycles. The van der Waals surface area contributed by atoms with E-state index in [9.17, 15) is 31.9 Å². The fourth-order valence-electron chi connectivity index (χ4n) is 3.58. The van der Waals surface area contributed by atoms with Gasteiger partial charge in [0.15, 0.2) is 0 Å². The number of rotatable bonds is 5. The first-order valence-electron chi connectivity index (χ1n) is 10.7. The number of para-hydroxylation sites is 1. The average molecular weight is 529 g/mol. The first kappa shape index (κ1) is 27.7. The van der Waals surface area contributed by atoms with E-state index in [4.69, 9.17) is 15.3 Å². The van der Waals surface area contributed by atoms with Crippen molar-refractivity contribution in [2.24, 2.45) is 0 Å². The molecule has 0 aliphatic carbocycles. The van der Waals surface area contributed by atoms with E-state index in [0.717, 1.165) is 16.8 Å². The highest BCUT2D eigenvalue weighted by molar-refractivity contribution is 5.98. The number of halogens is 4. The van der Waals surface area contributed by atoms with Gasteiger partial charge in [0.05, 0.1) is 27.9 Å². The van der Waals surface area contributed by atoms with Gasteiger partial charge in [-0.2, -0.15) is 13.2 Å². The van der Waals surface area contributed by atoms with Gasteiger partial charge in [0, 0.05) is 12.4 Å². The summed E-state index contributed by atoms with van der Waals surface area (Å²) in [6.07, 6.45) is -2.05. The van der Waals surface area contributed by atoms with E-state index in [1.54, 1.807) is 0 Å². The van der Waals surface area contributed by atoms with Gasteiger partial charge < -0.3 is 19.9 Å². The van der Waals surface area contributed by atoms with Gasteiger partial charge in [-0.1, -0.05) is 24.3 Å². The lowest BCUT2D eigenvalue weighted by Gasteiger charge is -2.13. The van der Waals surface area contributed by atoms with Crippen LogP contribution in [0.5, 0.6) is 0 Å². The molecule has 7 nitrogen and oxygen atoms in total. The van der Waals surface area contributed by atoms with E-state index in [0.29, 0.717) is 11.1 Å². The van der Waals surface area contributed by atoms with Crippen molar-refractivity contribution in [1.82, 2.24) is 4.57 Å². The second-order valence-corrected chi connectivity index (χ2v) is 7.94. The Morgan fingerprint density at radius 1 is 0.763 bits per heavy atom. The topological polar surface area (TPSA) is 117 Å². The highest BCUT2D eigenvalue weighted by Crippen LogP contribution is 2.33. The Hall–Kier alpha value is -4.93. The second-order valence-electron chi connectivity index (χ2n) is 7.94. The van der Waals surface area contributed by atoms with E-state index in [2.05, 4.69) is 0 Å². The van der Waals surface area contributed by atoms with Crippen molar-refractivity contribution < 1.29 is 47.3 Å². The van der Waals surface area contributed by atoms with E-state index in [1.165, 1.54) is 73.8 Å². The zero-order valence-corrected chi connectivity index (χ0v) is 19.5. The molecule has 3 N–H and O–H groups in total. The fourth-order valence-corrected chi connectivity index (χ4v) is 3.58. The average Bonchev–Trinajstić information content (AvgIpc) is 3.35. The Balaban J connectivity index is 0.000000212. The molecule has 0 saturated carbocycles. The number of hydrogen-bond donors (Lipinski definition) is 3. The maximum Gasteiger partial charge on any atom is 0.418 e. The van der Waals surface area contributed by atoms with Crippen molar-refractivity contribution >= 4 is 17.9 Å². The fraction of sp³-hybridized carbons (Fsp3) is 0.0741. The molecule has 4 aromatic rings. The van der Waals surface area contributed by atoms with Crippen LogP contribution in [0.25, 0.3) is 16.8 Å². The van der Waals surface area contributed by atoms with Crippen molar-refractivity contribution in [3.05, 3.63) is 113 Å². The SMILES string of the molecule is Cc1c(C(=O)O)cc(-c2ccc(F)cc2)cc1C(=O)O.O=C(O)c1ccn(-c2ccccc2C(F)(F)F)c1. The molecule has 1 heterocycles. The summed E-state index contributed by atoms with van der Waals surface area (Å²) in [6.45, 7) is 1.45. The number of benzene rings is 3. The van der Waals surface area contributed by atoms with Gasteiger partial charge in [0.25, 0.3) is 0 Å². The molecule has 0 saturated heterocycles. The van der Waals surface area contributed by atoms with Crippen LogP contribution in [0.4, 0.5) is 17.6 Å². The van der Waals surface area contributed by atoms with E-state index in [-0.39, 0.29) is 27.9 Å². The maximum atomic E-state index is 12.9. The molecule has 196 valence electrons. The summed E-state index contributed by atoms with van der Waals surface area (Å²) in [7, 11) is 0. The Kier molecular flexibility index (Phi) is 8.00. The molecule has 0 amide bonds. The maximum absolute atomic E-state index is 12.9. The number of carbonyl (C=O) groups is 3. The van der Waals surface area contributed by atoms with Crippen LogP contribution in [-0.4, -0.2) is 37.8 Å². The smallest absolute Gasteiger partial charge is 0.418 e. The van der Waals surface area contributed by atoms with Crippen LogP contribution in [0.2, 0.25) is 0 Å². The molecule has 0 bridgehead atoms. The molecular weight excluding hydrogens is 510 g/mol. The first-order valence-corrected chi connectivity index (χ1v) is 10.7. The predicted molar refractivity (Wildman–Crippen MR) is 128 cm³/mol. The summed E-state index contributed by atoms with van der Waals surface area (Å²) in [5.74, 6) is -4.00. The molecule has 0 unspecified atom stereocenters. The molecular formula is C27H19F4NO6. The minimum absolute atomic E-state index is 0.0630. The normalized spacial score (nSPS) is 10.9. The van der Waals surface area contributed by atoms with Crippen LogP contribution in [0.3, 0.4) is 0 Å². The van der Waals surface area contributed by atoms with Crippen molar-refractivity contribution in [1.29, 1.82) is 0 Å². The number of alkyl halides is 3. The van der Waals surface area contributed by atoms with Crippen molar-refractivity contribution in [3.63, 3.8) is 0 Å². The zero-order chi connectivity index (χ0) is 28.2. The predicted octanol–water partition coefficient (Wildman–Crippen LogP) is 6.39. The lowest BCUT2D eigenvalue weighted by molar-refractivity contribution is -0.137. The number of hydrogen-bond acceptors (Lipinski definition) is 3. The van der Waals surface area contributed by atoms with E-state index in [1.807, 2.05) is 0 Å². The minimum atomic E-state index is -4.48. The molecule has 0 aliphatic rings. The first-order chi connectivity index (χ1) is 17.8. The van der Waals surface area contributed by atoms with Crippen LogP contribution in [-0.2, 0) is 6.18 Å². The Morgan fingerprint density at radius 2 is 1.32 bits per heavy atom. The van der Waals surface area contributed by atoms with E-state index < -0.39 is 35.5 Å². The van der Waals surface area contributed by atoms with Crippen LogP contribution in [0.15, 0.2) is 79.1 Å². The van der Waals surface area contributed by atoms with Gasteiger partial charge >= 0.3 is 24.1 Å². The molecule has 0 atom stereocenters. The zero-order valence-electron chi connectivity index (χ0n) is 19.5. The Morgan fingerprint density at radius 3 is 1.79 bits per heavy atom. The molecule has 11 heteroatoms. The van der Waals surface area contributed by atoms with E-state index >= 15 is 0 Å². The van der Waals surface area contributed by atoms with Gasteiger partial charge in [-0.25, -0.2) is 18.8 Å². The van der Waals surface area contributed by atoms with Crippen molar-refractivity contribution in [2.75, 3.05) is 0 Å². The molecule has 0 radical (unpaired) electrons. The van der Waals surface area contributed by atoms with Gasteiger partial charge in [0.2, 0.25) is 0 Å². The summed E-state index contributed by atoms with van der Waals surface area (Å²) in [6, 6.07) is 14.4. The Bertz CT molecular complexity index is 1470. The lowest BCUT2D eigenvalue weighted by Crippen LogP contribution is -2.09. The van der Waals surface area contributed by atoms with Crippen LogP contribution >= 0.6 is 0 Å². The highest BCUT2D eigenvalue weighted by atomic mass is 19.4. The molecule has 0 fully saturated rings. The minimum Gasteiger partial charge on any atom is -0.478 e. The molecule has 1 aromatic heterocycles. The van der Waals surface area contributed by atoms with Crippen LogP contribution < -0.4 is 0 Å². The largest absolute Gasteiger partial charge is 0.478 e. The summed E-state index contributed by atoms with van der Waals surface area (Å²) in [5.41, 5.74) is 0.0353. The summed E-state index contributed by atoms with van der Waals surface area (Å²) < 4.78 is 52.3. The molecule has 4 rings (SSSR count). The van der Waals surface area contributed by atoms with Crippen molar-refractivity contribution in [2.45, 2.75) is 13.1 Å². The van der Waals surface area contributed by atoms with Gasteiger partial charge in [-0.15, -0.1) is 0 Å². The Labute approximate surface area is 212 Å². The number of carboxylic acid groups (broad SMARTS) is 3. The molecule has 38 heavy (non-hydrogen) atoms. The van der Waals surface area contributed by atoms with Crippen LogP contribution in [0.1, 0.15) is 42.2 Å².